The van der Waals surface area contributed by atoms with E-state index in [1.807, 2.05) is 24.3 Å². The average Bonchev–Trinajstić information content (AvgIpc) is 1.77. The number of benzene rings is 1. The third-order valence-corrected chi connectivity index (χ3v) is 2.50. The molecular formula is C6H5ClI+. The van der Waals surface area contributed by atoms with Crippen molar-refractivity contribution in [3.8, 4) is 0 Å². The zero-order chi connectivity index (χ0) is 5.98. The number of halogens is 2. The maximum atomic E-state index is 4.95. The van der Waals surface area contributed by atoms with Crippen molar-refractivity contribution in [3.05, 3.63) is 32.9 Å². The van der Waals surface area contributed by atoms with E-state index in [0.29, 0.717) is 0 Å². The molecule has 8 heavy (non-hydrogen) atoms. The van der Waals surface area contributed by atoms with Gasteiger partial charge in [0.25, 0.3) is 0 Å². The predicted octanol–water partition coefficient (Wildman–Crippen LogP) is 1.99. The molecule has 0 heterocycles. The van der Waals surface area contributed by atoms with Gasteiger partial charge in [-0.05, 0) is 28.7 Å². The van der Waals surface area contributed by atoms with Crippen molar-refractivity contribution in [1.82, 2.24) is 0 Å². The minimum absolute atomic E-state index is 0.938. The molecule has 0 nitrogen and oxygen atoms in total. The smallest absolute Gasteiger partial charge is 0.0608 e. The molecule has 42 valence electrons. The van der Waals surface area contributed by atoms with Gasteiger partial charge in [0, 0.05) is 6.07 Å². The third kappa shape index (κ3) is 1.36. The molecule has 0 aliphatic carbocycles. The molecule has 0 aromatic heterocycles. The van der Waals surface area contributed by atoms with Gasteiger partial charge in [-0.3, -0.25) is 0 Å². The zero-order valence-electron chi connectivity index (χ0n) is 4.10. The molecule has 0 radical (unpaired) electrons. The number of hydrogen-bond acceptors (Lipinski definition) is 0. The van der Waals surface area contributed by atoms with Crippen molar-refractivity contribution < 1.29 is 11.6 Å². The van der Waals surface area contributed by atoms with Gasteiger partial charge < -0.3 is 0 Å². The van der Waals surface area contributed by atoms with Crippen molar-refractivity contribution in [1.29, 1.82) is 0 Å². The molecule has 0 atom stereocenters. The molecule has 0 spiro atoms. The Bertz CT molecular complexity index is 165. The van der Waals surface area contributed by atoms with Crippen molar-refractivity contribution in [2.24, 2.45) is 0 Å². The molecule has 0 unspecified atom stereocenters. The van der Waals surface area contributed by atoms with Crippen LogP contribution in [0, 0.1) is 15.2 Å². The van der Waals surface area contributed by atoms with Crippen LogP contribution >= 0.6 is 22.6 Å². The van der Waals surface area contributed by atoms with Crippen molar-refractivity contribution in [2.45, 2.75) is 0 Å². The summed E-state index contributed by atoms with van der Waals surface area (Å²) in [7, 11) is 0. The van der Waals surface area contributed by atoms with Gasteiger partial charge in [-0.2, -0.15) is 0 Å². The van der Waals surface area contributed by atoms with E-state index in [1.54, 1.807) is 0 Å². The molecule has 0 aliphatic rings. The van der Waals surface area contributed by atoms with Crippen LogP contribution in [-0.4, -0.2) is 0 Å². The molecule has 0 aliphatic heterocycles. The standard InChI is InChI=1S/C6H5ClI/c7-5-3-1-2-4-6(5)8/h1-4,7H/q+1. The lowest BCUT2D eigenvalue weighted by Crippen LogP contribution is -1.71. The first kappa shape index (κ1) is 6.36. The van der Waals surface area contributed by atoms with Crippen LogP contribution in [0.2, 0.25) is 5.02 Å². The van der Waals surface area contributed by atoms with E-state index < -0.39 is 0 Å². The van der Waals surface area contributed by atoms with Crippen molar-refractivity contribution in [2.75, 3.05) is 0 Å². The molecule has 0 amide bonds. The van der Waals surface area contributed by atoms with Crippen LogP contribution in [0.4, 0.5) is 0 Å². The maximum Gasteiger partial charge on any atom is 0.238 e. The minimum Gasteiger partial charge on any atom is -0.0608 e. The molecule has 0 saturated heterocycles. The van der Waals surface area contributed by atoms with Gasteiger partial charge >= 0.3 is 0 Å². The van der Waals surface area contributed by atoms with E-state index in [9.17, 15) is 0 Å². The fourth-order valence-electron chi connectivity index (χ4n) is 0.445. The zero-order valence-corrected chi connectivity index (χ0v) is 7.07. The summed E-state index contributed by atoms with van der Waals surface area (Å²) in [6.07, 6.45) is 0. The fraction of sp³-hybridized carbons (Fsp3) is 0. The van der Waals surface area contributed by atoms with Crippen LogP contribution in [0.1, 0.15) is 0 Å². The lowest BCUT2D eigenvalue weighted by Gasteiger charge is -1.81. The summed E-state index contributed by atoms with van der Waals surface area (Å²) in [4.78, 5) is 0. The quantitative estimate of drug-likeness (QED) is 0.608. The van der Waals surface area contributed by atoms with Crippen LogP contribution in [0.15, 0.2) is 24.3 Å². The molecular weight excluding hydrogens is 234 g/mol. The summed E-state index contributed by atoms with van der Waals surface area (Å²) in [5.74, 6) is 0. The first-order valence-electron chi connectivity index (χ1n) is 2.22. The lowest BCUT2D eigenvalue weighted by molar-refractivity contribution is -0.290. The van der Waals surface area contributed by atoms with Crippen LogP contribution in [-0.2, 0) is 0 Å². The Kier molecular flexibility index (Phi) is 2.14. The Morgan fingerprint density at radius 3 is 2.25 bits per heavy atom. The van der Waals surface area contributed by atoms with Crippen LogP contribution in [0.3, 0.4) is 0 Å². The molecule has 0 bridgehead atoms. The first-order valence-corrected chi connectivity index (χ1v) is 3.71. The highest BCUT2D eigenvalue weighted by atomic mass is 127. The third-order valence-electron chi connectivity index (χ3n) is 0.837. The van der Waals surface area contributed by atoms with Crippen molar-refractivity contribution in [3.63, 3.8) is 0 Å². The Balaban J connectivity index is 3.13. The summed E-state index contributed by atoms with van der Waals surface area (Å²) in [6, 6.07) is 7.86. The second-order valence-corrected chi connectivity index (χ2v) is 3.03. The highest BCUT2D eigenvalue weighted by Crippen LogP contribution is 2.10. The number of hydrogen-bond donors (Lipinski definition) is 0. The van der Waals surface area contributed by atoms with Gasteiger partial charge in [-0.15, -0.1) is 0 Å². The minimum atomic E-state index is 0.938. The van der Waals surface area contributed by atoms with E-state index >= 15 is 0 Å². The Morgan fingerprint density at radius 1 is 1.25 bits per heavy atom. The maximum absolute atomic E-state index is 4.95. The monoisotopic (exact) mass is 239 g/mol. The van der Waals surface area contributed by atoms with E-state index in [0.717, 1.165) is 8.59 Å². The Hall–Kier alpha value is 0.240. The van der Waals surface area contributed by atoms with Gasteiger partial charge in [-0.1, -0.05) is 12.1 Å². The molecule has 2 heteroatoms. The molecule has 0 saturated carbocycles. The topological polar surface area (TPSA) is 0 Å². The highest BCUT2D eigenvalue weighted by molar-refractivity contribution is 14.1. The van der Waals surface area contributed by atoms with Gasteiger partial charge in [0.1, 0.15) is 0 Å². The summed E-state index contributed by atoms with van der Waals surface area (Å²) >= 11 is 7.17. The van der Waals surface area contributed by atoms with Gasteiger partial charge in [-0.25, -0.2) is 0 Å². The molecule has 0 fully saturated rings. The molecule has 0 N–H and O–H groups in total. The summed E-state index contributed by atoms with van der Waals surface area (Å²) in [5, 5.41) is 0.938. The SMILES string of the molecule is [ClH+]c1ccccc1I. The van der Waals surface area contributed by atoms with Crippen molar-refractivity contribution >= 4 is 22.6 Å². The van der Waals surface area contributed by atoms with E-state index in [-0.39, 0.29) is 0 Å². The second kappa shape index (κ2) is 2.69. The largest absolute Gasteiger partial charge is 0.238 e. The fourth-order valence-corrected chi connectivity index (χ4v) is 0.979. The Labute approximate surface area is 67.0 Å². The van der Waals surface area contributed by atoms with E-state index in [1.165, 1.54) is 0 Å². The summed E-state index contributed by atoms with van der Waals surface area (Å²) in [6.45, 7) is 0. The summed E-state index contributed by atoms with van der Waals surface area (Å²) < 4.78 is 1.15. The lowest BCUT2D eigenvalue weighted by atomic mass is 10.4. The number of rotatable bonds is 0. The first-order chi connectivity index (χ1) is 3.80. The normalized spacial score (nSPS) is 9.25. The van der Waals surface area contributed by atoms with Crippen LogP contribution in [0.5, 0.6) is 0 Å². The highest BCUT2D eigenvalue weighted by Gasteiger charge is 1.97. The summed E-state index contributed by atoms with van der Waals surface area (Å²) in [5.41, 5.74) is 0. The van der Waals surface area contributed by atoms with Gasteiger partial charge in [0.2, 0.25) is 5.02 Å². The van der Waals surface area contributed by atoms with E-state index in [2.05, 4.69) is 22.6 Å². The van der Waals surface area contributed by atoms with Gasteiger partial charge in [0.15, 0.2) is 11.6 Å². The average molecular weight is 239 g/mol. The second-order valence-electron chi connectivity index (χ2n) is 1.43. The predicted molar refractivity (Wildman–Crippen MR) is 39.7 cm³/mol. The molecule has 1 aromatic rings. The van der Waals surface area contributed by atoms with Crippen LogP contribution in [0.25, 0.3) is 0 Å². The van der Waals surface area contributed by atoms with Crippen LogP contribution < -0.4 is 0 Å². The Morgan fingerprint density at radius 2 is 1.88 bits per heavy atom. The van der Waals surface area contributed by atoms with E-state index in [4.69, 9.17) is 11.6 Å². The molecule has 1 rings (SSSR count). The molecule has 1 aromatic carbocycles. The van der Waals surface area contributed by atoms with Gasteiger partial charge in [0.05, 0.1) is 3.57 Å².